The number of phenolic OH excluding ortho intramolecular Hbond substituents is 1. The molecule has 0 fully saturated rings. The molecule has 0 saturated carbocycles. The molecule has 0 aromatic heterocycles. The Bertz CT molecular complexity index is 4000. The number of carbonyl (C=O) groups excluding carboxylic acids is 16. The fourth-order valence-corrected chi connectivity index (χ4v) is 13.0. The highest BCUT2D eigenvalue weighted by molar-refractivity contribution is 6.01. The Morgan fingerprint density at radius 3 is 1.06 bits per heavy atom. The number of rotatable bonds is 64. The number of carboxylic acid groups (broad SMARTS) is 3. The van der Waals surface area contributed by atoms with Crippen molar-refractivity contribution >= 4 is 124 Å². The molecule has 0 bridgehead atoms. The maximum absolute atomic E-state index is 14.9. The number of carboxylic acids is 3. The van der Waals surface area contributed by atoms with Crippen LogP contribution in [0, 0.1) is 40.4 Å². The first-order chi connectivity index (χ1) is 60.7. The molecule has 130 heavy (non-hydrogen) atoms. The highest BCUT2D eigenvalue weighted by Gasteiger charge is 2.40. The number of guanidine groups is 2. The van der Waals surface area contributed by atoms with Crippen LogP contribution in [-0.4, -0.2) is 266 Å². The summed E-state index contributed by atoms with van der Waals surface area (Å²) in [5.74, 6) is -24.2. The van der Waals surface area contributed by atoms with Crippen LogP contribution in [0.15, 0.2) is 24.3 Å². The Morgan fingerprint density at radius 2 is 0.669 bits per heavy atom. The molecular weight excluding hydrogens is 1710 g/mol. The zero-order valence-electron chi connectivity index (χ0n) is 75.9. The Labute approximate surface area is 754 Å². The third kappa shape index (κ3) is 46.9. The molecule has 1 rings (SSSR count). The van der Waals surface area contributed by atoms with E-state index in [4.69, 9.17) is 45.2 Å². The van der Waals surface area contributed by atoms with E-state index in [2.05, 4.69) is 85.1 Å². The summed E-state index contributed by atoms with van der Waals surface area (Å²) in [6, 6.07) is -19.1. The van der Waals surface area contributed by atoms with E-state index in [-0.39, 0.29) is 132 Å². The Balaban J connectivity index is 3.91. The van der Waals surface area contributed by atoms with E-state index in [1.165, 1.54) is 31.2 Å². The van der Waals surface area contributed by atoms with Gasteiger partial charge in [0.2, 0.25) is 94.5 Å². The molecule has 0 unspecified atom stereocenters. The average molecular weight is 1850 g/mol. The molecule has 0 aliphatic carbocycles. The molecule has 0 heterocycles. The van der Waals surface area contributed by atoms with Gasteiger partial charge in [-0.2, -0.15) is 0 Å². The first-order valence-electron chi connectivity index (χ1n) is 43.2. The number of hydrogen-bond acceptors (Lipinski definition) is 25. The Morgan fingerprint density at radius 1 is 0.346 bits per heavy atom. The van der Waals surface area contributed by atoms with Gasteiger partial charge in [0, 0.05) is 38.8 Å². The Hall–Kier alpha value is -12.6. The van der Waals surface area contributed by atoms with E-state index >= 15 is 0 Å². The van der Waals surface area contributed by atoms with Crippen LogP contribution in [0.3, 0.4) is 0 Å². The molecule has 732 valence electrons. The molecule has 0 saturated heterocycles. The van der Waals surface area contributed by atoms with Crippen molar-refractivity contribution in [1.82, 2.24) is 85.1 Å². The Kier molecular flexibility index (Phi) is 52.8. The van der Waals surface area contributed by atoms with Gasteiger partial charge in [-0.05, 0) is 158 Å². The number of unbranched alkanes of at least 4 members (excludes halogenated alkanes) is 1. The van der Waals surface area contributed by atoms with Crippen LogP contribution in [0.1, 0.15) is 204 Å². The van der Waals surface area contributed by atoms with Crippen molar-refractivity contribution in [2.45, 2.75) is 302 Å². The zero-order chi connectivity index (χ0) is 99.1. The second-order valence-electron chi connectivity index (χ2n) is 34.0. The second kappa shape index (κ2) is 59.5. The number of phenols is 1. The summed E-state index contributed by atoms with van der Waals surface area (Å²) in [5.41, 5.74) is 34.1. The van der Waals surface area contributed by atoms with Gasteiger partial charge in [0.05, 0.1) is 18.6 Å². The number of aliphatic hydroxyl groups excluding tert-OH is 1. The fourth-order valence-electron chi connectivity index (χ4n) is 13.0. The summed E-state index contributed by atoms with van der Waals surface area (Å²) < 4.78 is 0. The lowest BCUT2D eigenvalue weighted by Gasteiger charge is -2.29. The maximum atomic E-state index is 14.9. The number of nitrogens with two attached hydrogens (primary N) is 6. The molecule has 1 aromatic rings. The summed E-state index contributed by atoms with van der Waals surface area (Å²) in [7, 11) is 0. The van der Waals surface area contributed by atoms with Crippen molar-refractivity contribution in [3.05, 3.63) is 29.8 Å². The SMILES string of the molecule is CC(C)C[C@H](NC(=O)[C@H](CC(C)C)NC(=O)[C@H](CCC(=O)O)NC(=O)[C@H](CC(N)=O)NC(=O)[C@H](Cc1ccc(O)cc1)NC(=O)[C@H](CCCCN)NC(=O)[C@H](CCCNC(=N)N)NC(=O)[C@@H](NC(=O)[C@H](CC(C)C)NC(=O)[C@H](CCCNC(=N)N)NC(=O)[C@H](CCC(=O)O)NC(=O)[C@H](C)NC(=O)[C@@H](NC(=O)[C@H](CCC(N)=O)NC(=O)[C@@H](N)CC(C)C)C(C)C)[C@@H](C)O)C(=O)O. The van der Waals surface area contributed by atoms with E-state index in [1.54, 1.807) is 55.4 Å². The third-order valence-electron chi connectivity index (χ3n) is 19.9. The summed E-state index contributed by atoms with van der Waals surface area (Å²) in [6.07, 6.45) is -7.47. The first-order valence-corrected chi connectivity index (χ1v) is 43.2. The molecule has 16 amide bonds. The van der Waals surface area contributed by atoms with Crippen LogP contribution in [-0.2, 0) is 97.5 Å². The molecule has 35 N–H and O–H groups in total. The van der Waals surface area contributed by atoms with Crippen LogP contribution < -0.4 is 119 Å². The average Bonchev–Trinajstić information content (AvgIpc) is 0.863. The number of nitrogens with one attached hydrogen (secondary N) is 18. The van der Waals surface area contributed by atoms with Crippen molar-refractivity contribution in [2.24, 2.45) is 64.0 Å². The van der Waals surface area contributed by atoms with Crippen LogP contribution in [0.4, 0.5) is 0 Å². The number of primary amides is 2. The van der Waals surface area contributed by atoms with E-state index in [0.717, 1.165) is 6.92 Å². The summed E-state index contributed by atoms with van der Waals surface area (Å²) >= 11 is 0. The molecule has 1 aromatic carbocycles. The number of amides is 16. The molecule has 0 aliphatic rings. The quantitative estimate of drug-likeness (QED) is 0.0164. The molecule has 0 spiro atoms. The van der Waals surface area contributed by atoms with Crippen LogP contribution in [0.2, 0.25) is 0 Å². The predicted molar refractivity (Wildman–Crippen MR) is 472 cm³/mol. The van der Waals surface area contributed by atoms with Crippen LogP contribution in [0.5, 0.6) is 5.75 Å². The lowest BCUT2D eigenvalue weighted by Crippen LogP contribution is -2.62. The molecule has 0 aliphatic heterocycles. The second-order valence-corrected chi connectivity index (χ2v) is 34.0. The predicted octanol–water partition coefficient (Wildman–Crippen LogP) is -6.10. The van der Waals surface area contributed by atoms with Crippen molar-refractivity contribution in [3.8, 4) is 5.75 Å². The number of carbonyl (C=O) groups is 19. The molecule has 48 heteroatoms. The minimum Gasteiger partial charge on any atom is -0.508 e. The van der Waals surface area contributed by atoms with E-state index in [9.17, 15) is 117 Å². The minimum atomic E-state index is -2.01. The van der Waals surface area contributed by atoms with Gasteiger partial charge in [0.1, 0.15) is 90.3 Å². The van der Waals surface area contributed by atoms with Gasteiger partial charge in [-0.3, -0.25) is 97.1 Å². The lowest BCUT2D eigenvalue weighted by atomic mass is 10.00. The van der Waals surface area contributed by atoms with Crippen LogP contribution >= 0.6 is 0 Å². The topological polar surface area (TPSA) is 822 Å². The van der Waals surface area contributed by atoms with Crippen LogP contribution in [0.25, 0.3) is 0 Å². The minimum absolute atomic E-state index is 0.00247. The van der Waals surface area contributed by atoms with E-state index < -0.39 is 271 Å². The zero-order valence-corrected chi connectivity index (χ0v) is 75.9. The third-order valence-corrected chi connectivity index (χ3v) is 19.9. The van der Waals surface area contributed by atoms with Gasteiger partial charge in [-0.15, -0.1) is 0 Å². The van der Waals surface area contributed by atoms with E-state index in [0.29, 0.717) is 0 Å². The van der Waals surface area contributed by atoms with Gasteiger partial charge in [-0.25, -0.2) is 4.79 Å². The standard InChI is InChI=1S/C82H140N24O24/c1-39(2)33-48(84)67(116)95-52(24-27-60(85)109)73(122)105-64(43(9)10)78(127)93-44(11)66(115)94-53(25-28-62(111)112)71(120)97-50(18-15-31-91-81(87)88)70(119)101-56(35-41(5)6)77(126)106-65(45(12)107)79(128)99-51(19-16-32-92-82(89)90)68(117)96-49(17-13-14-30-83)69(118)102-57(37-46-20-22-47(108)23-21-46)75(124)103-58(38-61(86)110)76(125)98-54(26-29-63(113)114)72(121)100-55(34-40(3)4)74(123)104-59(80(129)130)36-42(7)8/h20-23,39-45,48-59,64-65,107-108H,13-19,24-38,83-84H2,1-12H3,(H2,85,109)(H2,86,110)(H,93,127)(H,94,115)(H,95,116)(H,96,117)(H,97,120)(H,98,125)(H,99,128)(H,100,121)(H,101,119)(H,102,118)(H,103,124)(H,104,123)(H,105,122)(H,106,126)(H,111,112)(H,113,114)(H,129,130)(H4,87,88,91)(H4,89,90,92)/t44-,45+,48-,49-,50-,51-,52-,53-,54-,55-,56-,57-,58-,59-,64-,65-/m0/s1. The van der Waals surface area contributed by atoms with E-state index in [1.807, 2.05) is 13.8 Å². The number of hydrogen-bond donors (Lipinski definition) is 29. The number of aliphatic carboxylic acids is 3. The first kappa shape index (κ1) is 115. The van der Waals surface area contributed by atoms with Crippen molar-refractivity contribution in [1.29, 1.82) is 10.8 Å². The number of benzene rings is 1. The summed E-state index contributed by atoms with van der Waals surface area (Å²) in [5, 5.41) is 106. The molecule has 0 radical (unpaired) electrons. The molecular formula is C82H140N24O24. The van der Waals surface area contributed by atoms with Gasteiger partial charge in [-0.1, -0.05) is 81.4 Å². The van der Waals surface area contributed by atoms with Gasteiger partial charge < -0.3 is 145 Å². The largest absolute Gasteiger partial charge is 0.508 e. The van der Waals surface area contributed by atoms with Crippen molar-refractivity contribution < 1.29 is 117 Å². The maximum Gasteiger partial charge on any atom is 0.326 e. The number of aliphatic hydroxyl groups is 1. The van der Waals surface area contributed by atoms with Crippen molar-refractivity contribution in [3.63, 3.8) is 0 Å². The highest BCUT2D eigenvalue weighted by atomic mass is 16.4. The smallest absolute Gasteiger partial charge is 0.326 e. The monoisotopic (exact) mass is 1850 g/mol. The fraction of sp³-hybridized carbons (Fsp3) is 0.671. The number of aromatic hydroxyl groups is 1. The molecule has 16 atom stereocenters. The highest BCUT2D eigenvalue weighted by Crippen LogP contribution is 2.18. The summed E-state index contributed by atoms with van der Waals surface area (Å²) in [4.78, 5) is 260. The van der Waals surface area contributed by atoms with Crippen molar-refractivity contribution in [2.75, 3.05) is 19.6 Å². The lowest BCUT2D eigenvalue weighted by molar-refractivity contribution is -0.143. The van der Waals surface area contributed by atoms with Gasteiger partial charge in [0.15, 0.2) is 11.9 Å². The summed E-state index contributed by atoms with van der Waals surface area (Å²) in [6.45, 7) is 18.9. The molecule has 48 nitrogen and oxygen atoms in total. The normalized spacial score (nSPS) is 14.9. The van der Waals surface area contributed by atoms with Gasteiger partial charge >= 0.3 is 17.9 Å². The van der Waals surface area contributed by atoms with Gasteiger partial charge in [0.25, 0.3) is 0 Å².